The molecule has 3 rings (SSSR count). The predicted octanol–water partition coefficient (Wildman–Crippen LogP) is 2.70. The molecule has 1 atom stereocenters. The van der Waals surface area contributed by atoms with Crippen molar-refractivity contribution in [3.05, 3.63) is 24.2 Å². The van der Waals surface area contributed by atoms with Gasteiger partial charge in [-0.1, -0.05) is 0 Å². The average Bonchev–Trinajstić information content (AvgIpc) is 3.35. The molecule has 1 aliphatic rings. The molecular formula is C19H24F2N8O. The van der Waals surface area contributed by atoms with Crippen LogP contribution in [0.3, 0.4) is 0 Å². The number of halogens is 2. The number of anilines is 3. The van der Waals surface area contributed by atoms with Gasteiger partial charge in [0.05, 0.1) is 18.0 Å². The highest BCUT2D eigenvalue weighted by atomic mass is 19.3. The lowest BCUT2D eigenvalue weighted by Gasteiger charge is -2.25. The first-order valence-electron chi connectivity index (χ1n) is 9.78. The monoisotopic (exact) mass is 418 g/mol. The van der Waals surface area contributed by atoms with Crippen LogP contribution < -0.4 is 10.6 Å². The summed E-state index contributed by atoms with van der Waals surface area (Å²) in [5.74, 6) is 0.945. The molecular weight excluding hydrogens is 394 g/mol. The van der Waals surface area contributed by atoms with Crippen LogP contribution in [0.1, 0.15) is 31.2 Å². The Balaban J connectivity index is 1.60. The van der Waals surface area contributed by atoms with Crippen molar-refractivity contribution in [1.82, 2.24) is 24.6 Å². The summed E-state index contributed by atoms with van der Waals surface area (Å²) in [7, 11) is 0. The Labute approximate surface area is 173 Å². The molecule has 1 amide bonds. The Morgan fingerprint density at radius 1 is 1.43 bits per heavy atom. The second-order valence-corrected chi connectivity index (χ2v) is 7.11. The van der Waals surface area contributed by atoms with Crippen molar-refractivity contribution in [1.29, 1.82) is 5.26 Å². The molecule has 1 saturated heterocycles. The summed E-state index contributed by atoms with van der Waals surface area (Å²) in [6.45, 7) is 2.64. The summed E-state index contributed by atoms with van der Waals surface area (Å²) in [5, 5.41) is 18.8. The van der Waals surface area contributed by atoms with Gasteiger partial charge in [-0.05, 0) is 19.8 Å². The number of nitriles is 1. The van der Waals surface area contributed by atoms with Crippen molar-refractivity contribution in [2.75, 3.05) is 23.7 Å². The van der Waals surface area contributed by atoms with E-state index in [1.165, 1.54) is 12.4 Å². The molecule has 9 nitrogen and oxygen atoms in total. The molecule has 0 aromatic carbocycles. The number of hydrogen-bond donors (Lipinski definition) is 2. The number of aromatic nitrogens is 4. The first-order chi connectivity index (χ1) is 14.5. The van der Waals surface area contributed by atoms with E-state index in [4.69, 9.17) is 5.26 Å². The average molecular weight is 418 g/mol. The Morgan fingerprint density at radius 3 is 3.03 bits per heavy atom. The third-order valence-electron chi connectivity index (χ3n) is 4.84. The Hall–Kier alpha value is -3.29. The Kier molecular flexibility index (Phi) is 7.11. The quantitative estimate of drug-likeness (QED) is 0.644. The molecule has 11 heteroatoms. The normalized spacial score (nSPS) is 16.0. The maximum Gasteiger partial charge on any atom is 0.257 e. The zero-order valence-electron chi connectivity index (χ0n) is 16.7. The van der Waals surface area contributed by atoms with Gasteiger partial charge in [-0.25, -0.2) is 13.8 Å². The molecule has 0 radical (unpaired) electrons. The second kappa shape index (κ2) is 9.96. The van der Waals surface area contributed by atoms with Gasteiger partial charge in [-0.3, -0.25) is 9.48 Å². The fourth-order valence-electron chi connectivity index (χ4n) is 3.38. The topological polar surface area (TPSA) is 112 Å². The van der Waals surface area contributed by atoms with Crippen molar-refractivity contribution < 1.29 is 13.6 Å². The molecule has 1 aliphatic heterocycles. The van der Waals surface area contributed by atoms with Gasteiger partial charge in [-0.15, -0.1) is 0 Å². The minimum absolute atomic E-state index is 0.00317. The summed E-state index contributed by atoms with van der Waals surface area (Å²) >= 11 is 0. The first kappa shape index (κ1) is 21.4. The van der Waals surface area contributed by atoms with Crippen LogP contribution >= 0.6 is 0 Å². The summed E-state index contributed by atoms with van der Waals surface area (Å²) in [4.78, 5) is 22.8. The van der Waals surface area contributed by atoms with Crippen LogP contribution in [0.4, 0.5) is 26.2 Å². The number of likely N-dealkylation sites (tertiary alicyclic amines) is 1. The number of aryl methyl sites for hydroxylation is 1. The van der Waals surface area contributed by atoms with Gasteiger partial charge in [0, 0.05) is 49.9 Å². The van der Waals surface area contributed by atoms with Crippen LogP contribution in [0, 0.1) is 18.3 Å². The van der Waals surface area contributed by atoms with E-state index in [0.29, 0.717) is 30.5 Å². The molecule has 0 aliphatic carbocycles. The van der Waals surface area contributed by atoms with Crippen molar-refractivity contribution in [2.24, 2.45) is 0 Å². The molecule has 2 aromatic rings. The third-order valence-corrected chi connectivity index (χ3v) is 4.84. The van der Waals surface area contributed by atoms with Crippen LogP contribution in [0.25, 0.3) is 0 Å². The maximum atomic E-state index is 12.5. The Morgan fingerprint density at radius 2 is 2.27 bits per heavy atom. The van der Waals surface area contributed by atoms with E-state index in [2.05, 4.69) is 25.7 Å². The van der Waals surface area contributed by atoms with Gasteiger partial charge in [0.25, 0.3) is 6.43 Å². The van der Waals surface area contributed by atoms with E-state index < -0.39 is 13.0 Å². The number of amides is 1. The summed E-state index contributed by atoms with van der Waals surface area (Å²) in [6.07, 6.45) is 4.37. The molecule has 3 heterocycles. The number of nitrogens with one attached hydrogen (secondary N) is 2. The molecule has 30 heavy (non-hydrogen) atoms. The standard InChI is InChI=1S/C19H24F2N8O/c1-13-8-24-19(26-14-9-25-28(11-14)12-16(20)21)27-18(13)23-10-15-4-3-7-29(15)17(30)5-2-6-22/h8-9,11,15-16H,2-5,7,10,12H2,1H3,(H2,23,24,26,27)/t15-/m0/s1. The fraction of sp³-hybridized carbons (Fsp3) is 0.526. The highest BCUT2D eigenvalue weighted by molar-refractivity contribution is 5.77. The van der Waals surface area contributed by atoms with Crippen LogP contribution in [0.15, 0.2) is 18.6 Å². The maximum absolute atomic E-state index is 12.5. The predicted molar refractivity (Wildman–Crippen MR) is 106 cm³/mol. The van der Waals surface area contributed by atoms with Gasteiger partial charge in [0.15, 0.2) is 0 Å². The molecule has 0 spiro atoms. The van der Waals surface area contributed by atoms with E-state index in [0.717, 1.165) is 23.1 Å². The summed E-state index contributed by atoms with van der Waals surface area (Å²) in [5.41, 5.74) is 1.35. The van der Waals surface area contributed by atoms with E-state index >= 15 is 0 Å². The summed E-state index contributed by atoms with van der Waals surface area (Å²) in [6, 6.07) is 2.06. The number of rotatable bonds is 9. The number of alkyl halides is 2. The van der Waals surface area contributed by atoms with Crippen molar-refractivity contribution in [2.45, 2.75) is 51.6 Å². The lowest BCUT2D eigenvalue weighted by atomic mass is 10.2. The molecule has 2 N–H and O–H groups in total. The smallest absolute Gasteiger partial charge is 0.257 e. The minimum atomic E-state index is -2.48. The molecule has 160 valence electrons. The highest BCUT2D eigenvalue weighted by Crippen LogP contribution is 2.21. The van der Waals surface area contributed by atoms with Crippen LogP contribution in [0.5, 0.6) is 0 Å². The number of nitrogens with zero attached hydrogens (tertiary/aromatic N) is 6. The van der Waals surface area contributed by atoms with Crippen molar-refractivity contribution >= 4 is 23.4 Å². The number of carbonyl (C=O) groups is 1. The van der Waals surface area contributed by atoms with Gasteiger partial charge in [-0.2, -0.15) is 15.3 Å². The fourth-order valence-corrected chi connectivity index (χ4v) is 3.38. The molecule has 0 saturated carbocycles. The zero-order chi connectivity index (χ0) is 21.5. The number of carbonyl (C=O) groups excluding carboxylic acids is 1. The second-order valence-electron chi connectivity index (χ2n) is 7.11. The van der Waals surface area contributed by atoms with Crippen LogP contribution in [0.2, 0.25) is 0 Å². The largest absolute Gasteiger partial charge is 0.368 e. The first-order valence-corrected chi connectivity index (χ1v) is 9.78. The van der Waals surface area contributed by atoms with Crippen molar-refractivity contribution in [3.8, 4) is 6.07 Å². The van der Waals surface area contributed by atoms with Crippen LogP contribution in [-0.2, 0) is 11.3 Å². The van der Waals surface area contributed by atoms with E-state index in [9.17, 15) is 13.6 Å². The summed E-state index contributed by atoms with van der Waals surface area (Å²) < 4.78 is 26.1. The van der Waals surface area contributed by atoms with Crippen LogP contribution in [-0.4, -0.2) is 56.1 Å². The lowest BCUT2D eigenvalue weighted by Crippen LogP contribution is -2.39. The molecule has 1 fully saturated rings. The molecule has 2 aromatic heterocycles. The Bertz CT molecular complexity index is 910. The SMILES string of the molecule is Cc1cnc(Nc2cnn(CC(F)F)c2)nc1NC[C@@H]1CCCN1C(=O)CCC#N. The molecule has 0 unspecified atom stereocenters. The van der Waals surface area contributed by atoms with Gasteiger partial charge >= 0.3 is 0 Å². The number of hydrogen-bond acceptors (Lipinski definition) is 7. The minimum Gasteiger partial charge on any atom is -0.368 e. The van der Waals surface area contributed by atoms with Gasteiger partial charge in [0.2, 0.25) is 11.9 Å². The lowest BCUT2D eigenvalue weighted by molar-refractivity contribution is -0.131. The van der Waals surface area contributed by atoms with Gasteiger partial charge in [0.1, 0.15) is 12.4 Å². The van der Waals surface area contributed by atoms with Gasteiger partial charge < -0.3 is 15.5 Å². The van der Waals surface area contributed by atoms with E-state index in [-0.39, 0.29) is 24.8 Å². The zero-order valence-corrected chi connectivity index (χ0v) is 16.7. The van der Waals surface area contributed by atoms with E-state index in [1.54, 1.807) is 6.20 Å². The van der Waals surface area contributed by atoms with Crippen molar-refractivity contribution in [3.63, 3.8) is 0 Å². The highest BCUT2D eigenvalue weighted by Gasteiger charge is 2.28. The third kappa shape index (κ3) is 5.62. The molecule has 0 bridgehead atoms. The van der Waals surface area contributed by atoms with E-state index in [1.807, 2.05) is 17.9 Å².